The molecule has 4 nitrogen and oxygen atoms in total. The average Bonchev–Trinajstić information content (AvgIpc) is 2.72. The molecule has 0 bridgehead atoms. The van der Waals surface area contributed by atoms with E-state index < -0.39 is 9.84 Å². The third-order valence-corrected chi connectivity index (χ3v) is 5.57. The first-order valence-electron chi connectivity index (χ1n) is 6.71. The van der Waals surface area contributed by atoms with Crippen LogP contribution in [0.1, 0.15) is 22.4 Å². The maximum absolute atomic E-state index is 12.3. The molecule has 1 heterocycles. The lowest BCUT2D eigenvalue weighted by Crippen LogP contribution is -2.13. The van der Waals surface area contributed by atoms with Gasteiger partial charge >= 0.3 is 0 Å². The van der Waals surface area contributed by atoms with Gasteiger partial charge in [-0.2, -0.15) is 5.26 Å². The summed E-state index contributed by atoms with van der Waals surface area (Å²) in [6.45, 7) is 6.49. The quantitative estimate of drug-likeness (QED) is 0.872. The Bertz CT molecular complexity index is 794. The first-order chi connectivity index (χ1) is 9.85. The summed E-state index contributed by atoms with van der Waals surface area (Å²) in [6.07, 6.45) is 1.99. The van der Waals surface area contributed by atoms with Gasteiger partial charge in [-0.3, -0.25) is 0 Å². The molecule has 0 unspecified atom stereocenters. The predicted molar refractivity (Wildman–Crippen MR) is 81.9 cm³/mol. The van der Waals surface area contributed by atoms with Gasteiger partial charge in [0, 0.05) is 18.4 Å². The number of benzene rings is 1. The van der Waals surface area contributed by atoms with Crippen molar-refractivity contribution in [1.29, 1.82) is 5.26 Å². The molecule has 0 N–H and O–H groups in total. The van der Waals surface area contributed by atoms with Crippen LogP contribution in [0.25, 0.3) is 0 Å². The zero-order valence-electron chi connectivity index (χ0n) is 12.4. The van der Waals surface area contributed by atoms with Crippen molar-refractivity contribution < 1.29 is 8.42 Å². The predicted octanol–water partition coefficient (Wildman–Crippen LogP) is 2.76. The van der Waals surface area contributed by atoms with Crippen molar-refractivity contribution in [2.45, 2.75) is 32.2 Å². The molecule has 0 atom stereocenters. The second-order valence-corrected chi connectivity index (χ2v) is 7.28. The molecule has 0 saturated carbocycles. The lowest BCUT2D eigenvalue weighted by molar-refractivity contribution is 0.588. The lowest BCUT2D eigenvalue weighted by Gasteiger charge is -2.08. The van der Waals surface area contributed by atoms with Crippen LogP contribution in [0.5, 0.6) is 0 Å². The normalized spacial score (nSPS) is 11.3. The van der Waals surface area contributed by atoms with Crippen LogP contribution < -0.4 is 0 Å². The monoisotopic (exact) mass is 302 g/mol. The third-order valence-electron chi connectivity index (χ3n) is 3.86. The van der Waals surface area contributed by atoms with Crippen molar-refractivity contribution in [3.05, 3.63) is 52.8 Å². The average molecular weight is 302 g/mol. The fourth-order valence-electron chi connectivity index (χ4n) is 2.23. The van der Waals surface area contributed by atoms with Gasteiger partial charge in [-0.1, -0.05) is 0 Å². The van der Waals surface area contributed by atoms with Gasteiger partial charge in [0.1, 0.15) is 0 Å². The van der Waals surface area contributed by atoms with Crippen molar-refractivity contribution >= 4 is 9.84 Å². The maximum Gasteiger partial charge on any atom is 0.180 e. The van der Waals surface area contributed by atoms with E-state index in [4.69, 9.17) is 5.26 Å². The topological polar surface area (TPSA) is 62.9 Å². The van der Waals surface area contributed by atoms with Crippen LogP contribution in [0.2, 0.25) is 0 Å². The minimum atomic E-state index is -3.33. The first kappa shape index (κ1) is 15.3. The molecule has 1 aromatic carbocycles. The third kappa shape index (κ3) is 3.17. The zero-order valence-corrected chi connectivity index (χ0v) is 13.2. The van der Waals surface area contributed by atoms with Gasteiger partial charge in [0.2, 0.25) is 0 Å². The molecule has 2 rings (SSSR count). The van der Waals surface area contributed by atoms with Crippen molar-refractivity contribution in [2.24, 2.45) is 0 Å². The van der Waals surface area contributed by atoms with E-state index in [1.54, 1.807) is 0 Å². The second-order valence-electron chi connectivity index (χ2n) is 5.17. The Labute approximate surface area is 125 Å². The van der Waals surface area contributed by atoms with E-state index in [1.807, 2.05) is 37.6 Å². The van der Waals surface area contributed by atoms with Gasteiger partial charge in [0.05, 0.1) is 22.3 Å². The van der Waals surface area contributed by atoms with Crippen molar-refractivity contribution in [3.63, 3.8) is 0 Å². The van der Waals surface area contributed by atoms with Gasteiger partial charge in [-0.05, 0) is 56.2 Å². The molecule has 1 aromatic heterocycles. The van der Waals surface area contributed by atoms with Crippen LogP contribution in [0.4, 0.5) is 0 Å². The van der Waals surface area contributed by atoms with Crippen LogP contribution >= 0.6 is 0 Å². The Kier molecular flexibility index (Phi) is 4.19. The van der Waals surface area contributed by atoms with Crippen LogP contribution in [0.3, 0.4) is 0 Å². The molecule has 2 aromatic rings. The number of aromatic nitrogens is 1. The number of nitriles is 1. The van der Waals surface area contributed by atoms with Gasteiger partial charge in [-0.25, -0.2) is 8.42 Å². The lowest BCUT2D eigenvalue weighted by atomic mass is 10.2. The molecule has 0 aliphatic heterocycles. The maximum atomic E-state index is 12.3. The first-order valence-corrected chi connectivity index (χ1v) is 8.36. The number of aryl methyl sites for hydroxylation is 2. The molecule has 5 heteroatoms. The number of sulfone groups is 1. The fraction of sp³-hybridized carbons (Fsp3) is 0.312. The summed E-state index contributed by atoms with van der Waals surface area (Å²) < 4.78 is 26.6. The summed E-state index contributed by atoms with van der Waals surface area (Å²) in [5.41, 5.74) is 3.93. The van der Waals surface area contributed by atoms with E-state index in [1.165, 1.54) is 35.4 Å². The van der Waals surface area contributed by atoms with E-state index in [-0.39, 0.29) is 10.6 Å². The summed E-state index contributed by atoms with van der Waals surface area (Å²) in [7, 11) is -3.33. The summed E-state index contributed by atoms with van der Waals surface area (Å²) in [6, 6.07) is 8.03. The van der Waals surface area contributed by atoms with E-state index in [9.17, 15) is 8.42 Å². The summed E-state index contributed by atoms with van der Waals surface area (Å²) >= 11 is 0. The minimum Gasteiger partial charge on any atom is -0.350 e. The number of hydrogen-bond donors (Lipinski definition) is 0. The largest absolute Gasteiger partial charge is 0.350 e. The van der Waals surface area contributed by atoms with Crippen LogP contribution in [0, 0.1) is 32.1 Å². The Hall–Kier alpha value is -2.06. The van der Waals surface area contributed by atoms with Gasteiger partial charge in [-0.15, -0.1) is 0 Å². The molecule has 0 aliphatic carbocycles. The zero-order chi connectivity index (χ0) is 15.6. The molecular weight excluding hydrogens is 284 g/mol. The van der Waals surface area contributed by atoms with Crippen molar-refractivity contribution in [3.8, 4) is 6.07 Å². The summed E-state index contributed by atoms with van der Waals surface area (Å²) in [4.78, 5) is 0.264. The van der Waals surface area contributed by atoms with Crippen LogP contribution in [-0.2, 0) is 16.4 Å². The Balaban J connectivity index is 2.17. The highest BCUT2D eigenvalue weighted by Gasteiger charge is 2.15. The Morgan fingerprint density at radius 3 is 2.24 bits per heavy atom. The van der Waals surface area contributed by atoms with E-state index >= 15 is 0 Å². The van der Waals surface area contributed by atoms with Gasteiger partial charge in [0.15, 0.2) is 9.84 Å². The van der Waals surface area contributed by atoms with Crippen molar-refractivity contribution in [2.75, 3.05) is 5.75 Å². The highest BCUT2D eigenvalue weighted by Crippen LogP contribution is 2.17. The van der Waals surface area contributed by atoms with Crippen molar-refractivity contribution in [1.82, 2.24) is 4.57 Å². The standard InChI is InChI=1S/C16H18N2O2S/c1-12-11-18(14(3)13(12)2)8-9-21(19,20)16-6-4-15(10-17)5-7-16/h4-7,11H,8-9H2,1-3H3. The highest BCUT2D eigenvalue weighted by atomic mass is 32.2. The van der Waals surface area contributed by atoms with E-state index in [0.717, 1.165) is 5.69 Å². The smallest absolute Gasteiger partial charge is 0.180 e. The molecule has 0 radical (unpaired) electrons. The van der Waals surface area contributed by atoms with Crippen LogP contribution in [0.15, 0.2) is 35.4 Å². The molecule has 0 spiro atoms. The number of rotatable bonds is 4. The Morgan fingerprint density at radius 2 is 1.76 bits per heavy atom. The SMILES string of the molecule is Cc1cn(CCS(=O)(=O)c2ccc(C#N)cc2)c(C)c1C. The Morgan fingerprint density at radius 1 is 1.14 bits per heavy atom. The minimum absolute atomic E-state index is 0.0489. The molecule has 0 aliphatic rings. The van der Waals surface area contributed by atoms with E-state index in [2.05, 4.69) is 0 Å². The molecular formula is C16H18N2O2S. The van der Waals surface area contributed by atoms with Gasteiger partial charge < -0.3 is 4.57 Å². The highest BCUT2D eigenvalue weighted by molar-refractivity contribution is 7.91. The molecule has 0 fully saturated rings. The molecule has 0 saturated heterocycles. The van der Waals surface area contributed by atoms with Crippen LogP contribution in [-0.4, -0.2) is 18.7 Å². The summed E-state index contributed by atoms with van der Waals surface area (Å²) in [5.74, 6) is 0.0489. The fourth-order valence-corrected chi connectivity index (χ4v) is 3.46. The molecule has 0 amide bonds. The van der Waals surface area contributed by atoms with Gasteiger partial charge in [0.25, 0.3) is 0 Å². The summed E-state index contributed by atoms with van der Waals surface area (Å²) in [5, 5.41) is 8.74. The molecule has 110 valence electrons. The number of hydrogen-bond acceptors (Lipinski definition) is 3. The van der Waals surface area contributed by atoms with E-state index in [0.29, 0.717) is 12.1 Å². The molecule has 21 heavy (non-hydrogen) atoms. The second kappa shape index (κ2) is 5.74. The number of nitrogens with zero attached hydrogens (tertiary/aromatic N) is 2.